The molecule has 0 radical (unpaired) electrons. The van der Waals surface area contributed by atoms with E-state index in [4.69, 9.17) is 11.6 Å². The van der Waals surface area contributed by atoms with E-state index in [0.717, 1.165) is 24.2 Å². The van der Waals surface area contributed by atoms with E-state index in [2.05, 4.69) is 22.4 Å². The number of nitrogens with zero attached hydrogens (tertiary/aromatic N) is 1. The lowest BCUT2D eigenvalue weighted by molar-refractivity contribution is 0.668. The van der Waals surface area contributed by atoms with Crippen molar-refractivity contribution in [3.8, 4) is 11.3 Å². The van der Waals surface area contributed by atoms with Crippen LogP contribution >= 0.6 is 11.6 Å². The number of hydrogen-bond donors (Lipinski definition) is 2. The number of nitrogens with one attached hydrogen (secondary N) is 2. The molecule has 0 unspecified atom stereocenters. The first kappa shape index (κ1) is 13.8. The molecule has 1 aromatic heterocycles. The highest BCUT2D eigenvalue weighted by Crippen LogP contribution is 2.18. The lowest BCUT2D eigenvalue weighted by Crippen LogP contribution is -2.22. The van der Waals surface area contributed by atoms with Crippen LogP contribution in [0.4, 0.5) is 0 Å². The molecule has 100 valence electrons. The van der Waals surface area contributed by atoms with Crippen molar-refractivity contribution < 1.29 is 0 Å². The molecule has 0 fully saturated rings. The van der Waals surface area contributed by atoms with Crippen molar-refractivity contribution in [3.63, 3.8) is 0 Å². The highest BCUT2D eigenvalue weighted by atomic mass is 35.5. The maximum Gasteiger partial charge on any atom is 0.268 e. The van der Waals surface area contributed by atoms with E-state index >= 15 is 0 Å². The van der Waals surface area contributed by atoms with E-state index in [1.54, 1.807) is 12.1 Å². The van der Waals surface area contributed by atoms with Gasteiger partial charge in [0.25, 0.3) is 5.56 Å². The number of rotatable bonds is 5. The average Bonchev–Trinajstić information content (AvgIpc) is 2.42. The Hall–Kier alpha value is -1.65. The zero-order valence-corrected chi connectivity index (χ0v) is 11.5. The first-order valence-electron chi connectivity index (χ1n) is 6.26. The van der Waals surface area contributed by atoms with Crippen molar-refractivity contribution in [2.45, 2.75) is 19.9 Å². The van der Waals surface area contributed by atoms with Crippen molar-refractivity contribution in [3.05, 3.63) is 51.3 Å². The fraction of sp³-hybridized carbons (Fsp3) is 0.286. The summed E-state index contributed by atoms with van der Waals surface area (Å²) in [5.41, 5.74) is 2.21. The second-order valence-electron chi connectivity index (χ2n) is 4.29. The largest absolute Gasteiger partial charge is 0.312 e. The Morgan fingerprint density at radius 1 is 1.32 bits per heavy atom. The number of H-pyrrole nitrogens is 1. The Kier molecular flexibility index (Phi) is 4.71. The molecule has 0 aliphatic carbocycles. The Labute approximate surface area is 116 Å². The molecule has 0 saturated heterocycles. The smallest absolute Gasteiger partial charge is 0.268 e. The maximum absolute atomic E-state index is 11.7. The highest BCUT2D eigenvalue weighted by molar-refractivity contribution is 6.30. The minimum Gasteiger partial charge on any atom is -0.312 e. The molecule has 4 nitrogen and oxygen atoms in total. The Morgan fingerprint density at radius 2 is 2.05 bits per heavy atom. The summed E-state index contributed by atoms with van der Waals surface area (Å²) < 4.78 is 0. The Morgan fingerprint density at radius 3 is 2.74 bits per heavy atom. The minimum absolute atomic E-state index is 0.152. The van der Waals surface area contributed by atoms with Crippen molar-refractivity contribution in [1.82, 2.24) is 15.5 Å². The molecule has 0 aliphatic heterocycles. The van der Waals surface area contributed by atoms with Crippen molar-refractivity contribution in [1.29, 1.82) is 0 Å². The van der Waals surface area contributed by atoms with E-state index in [1.807, 2.05) is 18.2 Å². The zero-order chi connectivity index (χ0) is 13.7. The van der Waals surface area contributed by atoms with Crippen LogP contribution in [0.5, 0.6) is 0 Å². The Bertz CT molecular complexity index is 592. The summed E-state index contributed by atoms with van der Waals surface area (Å²) in [7, 11) is 0. The van der Waals surface area contributed by atoms with Gasteiger partial charge in [-0.1, -0.05) is 30.7 Å². The third kappa shape index (κ3) is 3.66. The summed E-state index contributed by atoms with van der Waals surface area (Å²) >= 11 is 5.85. The van der Waals surface area contributed by atoms with E-state index in [1.165, 1.54) is 0 Å². The monoisotopic (exact) mass is 277 g/mol. The quantitative estimate of drug-likeness (QED) is 0.826. The van der Waals surface area contributed by atoms with Crippen molar-refractivity contribution in [2.24, 2.45) is 0 Å². The molecule has 19 heavy (non-hydrogen) atoms. The molecule has 0 saturated carbocycles. The number of halogens is 1. The van der Waals surface area contributed by atoms with Crippen LogP contribution in [0, 0.1) is 0 Å². The van der Waals surface area contributed by atoms with E-state index in [9.17, 15) is 4.79 Å². The first-order chi connectivity index (χ1) is 9.20. The first-order valence-corrected chi connectivity index (χ1v) is 6.63. The fourth-order valence-corrected chi connectivity index (χ4v) is 1.87. The molecular weight excluding hydrogens is 262 g/mol. The number of aromatic amines is 1. The normalized spacial score (nSPS) is 10.6. The standard InChI is InChI=1S/C14H16ClN3O/c1-2-7-16-9-11-8-13(17-18-14(11)19)10-3-5-12(15)6-4-10/h3-6,8,16H,2,7,9H2,1H3,(H,18,19). The van der Waals surface area contributed by atoms with Crippen LogP contribution in [0.2, 0.25) is 5.02 Å². The minimum atomic E-state index is -0.152. The summed E-state index contributed by atoms with van der Waals surface area (Å²) in [6.45, 7) is 3.52. The van der Waals surface area contributed by atoms with Crippen LogP contribution < -0.4 is 10.9 Å². The van der Waals surface area contributed by atoms with Crippen molar-refractivity contribution in [2.75, 3.05) is 6.54 Å². The van der Waals surface area contributed by atoms with Gasteiger partial charge in [0.1, 0.15) is 0 Å². The van der Waals surface area contributed by atoms with Crippen LogP contribution in [0.1, 0.15) is 18.9 Å². The number of hydrogen-bond acceptors (Lipinski definition) is 3. The van der Waals surface area contributed by atoms with Gasteiger partial charge in [-0.3, -0.25) is 4.79 Å². The molecule has 2 N–H and O–H groups in total. The highest BCUT2D eigenvalue weighted by Gasteiger charge is 2.05. The van der Waals surface area contributed by atoms with Crippen LogP contribution in [0.15, 0.2) is 35.1 Å². The fourth-order valence-electron chi connectivity index (χ4n) is 1.75. The van der Waals surface area contributed by atoms with Crippen molar-refractivity contribution >= 4 is 11.6 Å². The van der Waals surface area contributed by atoms with Gasteiger partial charge in [-0.2, -0.15) is 5.10 Å². The number of benzene rings is 1. The van der Waals surface area contributed by atoms with Crippen LogP contribution in [0.3, 0.4) is 0 Å². The third-order valence-corrected chi connectivity index (χ3v) is 3.01. The lowest BCUT2D eigenvalue weighted by atomic mass is 10.1. The summed E-state index contributed by atoms with van der Waals surface area (Å²) in [4.78, 5) is 11.7. The number of aromatic nitrogens is 2. The molecule has 0 spiro atoms. The van der Waals surface area contributed by atoms with Gasteiger partial charge in [0, 0.05) is 22.7 Å². The molecule has 0 bridgehead atoms. The topological polar surface area (TPSA) is 57.8 Å². The maximum atomic E-state index is 11.7. The molecule has 2 aromatic rings. The van der Waals surface area contributed by atoms with Gasteiger partial charge in [0.05, 0.1) is 5.69 Å². The molecule has 2 rings (SSSR count). The van der Waals surface area contributed by atoms with Gasteiger partial charge in [-0.05, 0) is 31.2 Å². The van der Waals surface area contributed by atoms with Crippen LogP contribution in [0.25, 0.3) is 11.3 Å². The van der Waals surface area contributed by atoms with E-state index in [-0.39, 0.29) is 5.56 Å². The van der Waals surface area contributed by atoms with Gasteiger partial charge in [-0.15, -0.1) is 0 Å². The van der Waals surface area contributed by atoms with E-state index < -0.39 is 0 Å². The van der Waals surface area contributed by atoms with Gasteiger partial charge < -0.3 is 5.32 Å². The predicted octanol–water partition coefficient (Wildman–Crippen LogP) is 2.59. The second-order valence-corrected chi connectivity index (χ2v) is 4.73. The van der Waals surface area contributed by atoms with Gasteiger partial charge >= 0.3 is 0 Å². The average molecular weight is 278 g/mol. The Balaban J connectivity index is 2.25. The SMILES string of the molecule is CCCNCc1cc(-c2ccc(Cl)cc2)n[nH]c1=O. The lowest BCUT2D eigenvalue weighted by Gasteiger charge is -2.05. The molecule has 1 heterocycles. The van der Waals surface area contributed by atoms with Gasteiger partial charge in [-0.25, -0.2) is 5.10 Å². The van der Waals surface area contributed by atoms with Crippen LogP contribution in [-0.4, -0.2) is 16.7 Å². The summed E-state index contributed by atoms with van der Waals surface area (Å²) in [5.74, 6) is 0. The third-order valence-electron chi connectivity index (χ3n) is 2.76. The molecule has 1 aromatic carbocycles. The molecule has 0 atom stereocenters. The van der Waals surface area contributed by atoms with Crippen LogP contribution in [-0.2, 0) is 6.54 Å². The molecular formula is C14H16ClN3O. The van der Waals surface area contributed by atoms with Gasteiger partial charge in [0.15, 0.2) is 0 Å². The predicted molar refractivity (Wildman–Crippen MR) is 77.3 cm³/mol. The molecule has 5 heteroatoms. The van der Waals surface area contributed by atoms with Gasteiger partial charge in [0.2, 0.25) is 0 Å². The second kappa shape index (κ2) is 6.50. The summed E-state index contributed by atoms with van der Waals surface area (Å²) in [6.07, 6.45) is 1.03. The zero-order valence-electron chi connectivity index (χ0n) is 10.7. The summed E-state index contributed by atoms with van der Waals surface area (Å²) in [6, 6.07) is 9.18. The molecule has 0 amide bonds. The molecule has 0 aliphatic rings. The van der Waals surface area contributed by atoms with E-state index in [0.29, 0.717) is 17.1 Å². The summed E-state index contributed by atoms with van der Waals surface area (Å²) in [5, 5.41) is 10.5.